The molecule has 1 unspecified atom stereocenters. The van der Waals surface area contributed by atoms with Gasteiger partial charge in [0.2, 0.25) is 5.88 Å². The standard InChI is InChI=1S/C25H26F2N4O4S/c1-6-28-22(32)16-8-14-15(11-31(5)24(33)19(14)30-16)20-17(9-18(36-20)21(27)25(3,4)34)35-23-12(2)7-13(26)10-29-23/h7-11,21,30,34H,6H2,1-5H3,(H,28,32). The van der Waals surface area contributed by atoms with E-state index in [1.807, 2.05) is 0 Å². The lowest BCUT2D eigenvalue weighted by Gasteiger charge is -2.20. The van der Waals surface area contributed by atoms with Crippen LogP contribution in [0.1, 0.15) is 47.9 Å². The Labute approximate surface area is 209 Å². The van der Waals surface area contributed by atoms with Gasteiger partial charge in [0.25, 0.3) is 11.5 Å². The first-order valence-corrected chi connectivity index (χ1v) is 12.0. The lowest BCUT2D eigenvalue weighted by molar-refractivity contribution is -0.00260. The van der Waals surface area contributed by atoms with Crippen molar-refractivity contribution in [3.63, 3.8) is 0 Å². The minimum atomic E-state index is -1.74. The minimum Gasteiger partial charge on any atom is -0.437 e. The highest BCUT2D eigenvalue weighted by atomic mass is 32.1. The van der Waals surface area contributed by atoms with Crippen molar-refractivity contribution in [2.24, 2.45) is 7.05 Å². The van der Waals surface area contributed by atoms with Crippen molar-refractivity contribution < 1.29 is 23.4 Å². The fourth-order valence-corrected chi connectivity index (χ4v) is 5.03. The molecule has 0 aliphatic heterocycles. The number of fused-ring (bicyclic) bond motifs is 1. The number of alkyl halides is 1. The molecule has 4 aromatic rings. The number of aromatic nitrogens is 3. The van der Waals surface area contributed by atoms with Gasteiger partial charge in [0.05, 0.1) is 16.7 Å². The number of aliphatic hydroxyl groups is 1. The van der Waals surface area contributed by atoms with Gasteiger partial charge in [-0.1, -0.05) is 0 Å². The highest BCUT2D eigenvalue weighted by Gasteiger charge is 2.32. The summed E-state index contributed by atoms with van der Waals surface area (Å²) in [7, 11) is 1.56. The molecular formula is C25H26F2N4O4S. The topological polar surface area (TPSA) is 109 Å². The number of H-pyrrole nitrogens is 1. The first kappa shape index (κ1) is 25.5. The number of carbonyl (C=O) groups is 1. The summed E-state index contributed by atoms with van der Waals surface area (Å²) in [4.78, 5) is 32.8. The second-order valence-electron chi connectivity index (χ2n) is 9.03. The van der Waals surface area contributed by atoms with Crippen LogP contribution in [0.2, 0.25) is 0 Å². The molecule has 1 amide bonds. The summed E-state index contributed by atoms with van der Waals surface area (Å²) in [6.45, 7) is 6.53. The number of hydrogen-bond donors (Lipinski definition) is 3. The number of halogens is 2. The van der Waals surface area contributed by atoms with Gasteiger partial charge < -0.3 is 24.7 Å². The van der Waals surface area contributed by atoms with E-state index >= 15 is 4.39 Å². The van der Waals surface area contributed by atoms with Gasteiger partial charge in [0, 0.05) is 41.2 Å². The first-order chi connectivity index (χ1) is 16.9. The van der Waals surface area contributed by atoms with Crippen LogP contribution in [0, 0.1) is 12.7 Å². The Hall–Kier alpha value is -3.57. The zero-order valence-corrected chi connectivity index (χ0v) is 21.2. The molecule has 0 saturated heterocycles. The summed E-state index contributed by atoms with van der Waals surface area (Å²) in [5.74, 6) is -0.562. The molecule has 0 fully saturated rings. The molecule has 8 nitrogen and oxygen atoms in total. The molecule has 0 spiro atoms. The SMILES string of the molecule is CCNC(=O)c1cc2c(-c3sc(C(F)C(C)(C)O)cc3Oc3ncc(F)cc3C)cn(C)c(=O)c2[nH]1. The van der Waals surface area contributed by atoms with Gasteiger partial charge in [-0.2, -0.15) is 0 Å². The van der Waals surface area contributed by atoms with Crippen molar-refractivity contribution in [1.29, 1.82) is 0 Å². The Morgan fingerprint density at radius 2 is 2.08 bits per heavy atom. The van der Waals surface area contributed by atoms with Gasteiger partial charge >= 0.3 is 0 Å². The molecule has 0 radical (unpaired) electrons. The monoisotopic (exact) mass is 516 g/mol. The Morgan fingerprint density at radius 3 is 2.72 bits per heavy atom. The number of ether oxygens (including phenoxy) is 1. The highest BCUT2D eigenvalue weighted by molar-refractivity contribution is 7.16. The first-order valence-electron chi connectivity index (χ1n) is 11.2. The number of nitrogens with one attached hydrogen (secondary N) is 2. The van der Waals surface area contributed by atoms with Crippen molar-refractivity contribution in [2.75, 3.05) is 6.54 Å². The maximum absolute atomic E-state index is 15.2. The molecule has 3 N–H and O–H groups in total. The van der Waals surface area contributed by atoms with Crippen molar-refractivity contribution in [1.82, 2.24) is 19.9 Å². The van der Waals surface area contributed by atoms with Crippen LogP contribution >= 0.6 is 11.3 Å². The smallest absolute Gasteiger partial charge is 0.274 e. The summed E-state index contributed by atoms with van der Waals surface area (Å²) < 4.78 is 36.2. The summed E-state index contributed by atoms with van der Waals surface area (Å²) >= 11 is 1.04. The molecule has 4 aromatic heterocycles. The van der Waals surface area contributed by atoms with E-state index in [4.69, 9.17) is 4.74 Å². The fraction of sp³-hybridized carbons (Fsp3) is 0.320. The highest BCUT2D eigenvalue weighted by Crippen LogP contribution is 2.47. The summed E-state index contributed by atoms with van der Waals surface area (Å²) in [5.41, 5.74) is -0.674. The zero-order valence-electron chi connectivity index (χ0n) is 20.4. The van der Waals surface area contributed by atoms with E-state index in [0.29, 0.717) is 27.9 Å². The van der Waals surface area contributed by atoms with Gasteiger partial charge in [-0.15, -0.1) is 11.3 Å². The third-order valence-corrected chi connectivity index (χ3v) is 6.77. The van der Waals surface area contributed by atoms with E-state index in [0.717, 1.165) is 17.5 Å². The molecule has 0 aromatic carbocycles. The van der Waals surface area contributed by atoms with Crippen molar-refractivity contribution in [3.05, 3.63) is 62.9 Å². The number of rotatable bonds is 7. The normalized spacial score (nSPS) is 12.7. The van der Waals surface area contributed by atoms with Crippen LogP contribution in [-0.2, 0) is 7.05 Å². The molecule has 36 heavy (non-hydrogen) atoms. The number of amides is 1. The summed E-state index contributed by atoms with van der Waals surface area (Å²) in [6.07, 6.45) is 0.852. The van der Waals surface area contributed by atoms with Crippen LogP contribution in [0.15, 0.2) is 35.4 Å². The minimum absolute atomic E-state index is 0.124. The molecule has 0 aliphatic carbocycles. The van der Waals surface area contributed by atoms with Crippen molar-refractivity contribution in [2.45, 2.75) is 39.5 Å². The lowest BCUT2D eigenvalue weighted by Crippen LogP contribution is -2.25. The molecule has 4 heterocycles. The number of aryl methyl sites for hydroxylation is 2. The molecule has 11 heteroatoms. The zero-order chi connectivity index (χ0) is 26.4. The molecule has 0 bridgehead atoms. The van der Waals surface area contributed by atoms with Gasteiger partial charge in [-0.25, -0.2) is 13.8 Å². The van der Waals surface area contributed by atoms with E-state index in [1.54, 1.807) is 33.2 Å². The number of carbonyl (C=O) groups excluding carboxylic acids is 1. The van der Waals surface area contributed by atoms with Crippen LogP contribution in [0.5, 0.6) is 11.6 Å². The number of thiophene rings is 1. The Morgan fingerprint density at radius 1 is 1.36 bits per heavy atom. The lowest BCUT2D eigenvalue weighted by atomic mass is 10.0. The molecule has 0 saturated carbocycles. The molecule has 190 valence electrons. The quantitative estimate of drug-likeness (QED) is 0.328. The maximum atomic E-state index is 15.2. The third-order valence-electron chi connectivity index (χ3n) is 5.58. The number of aromatic amines is 1. The fourth-order valence-electron chi connectivity index (χ4n) is 3.76. The molecular weight excluding hydrogens is 490 g/mol. The van der Waals surface area contributed by atoms with Gasteiger partial charge in [-0.05, 0) is 45.9 Å². The molecule has 1 atom stereocenters. The van der Waals surface area contributed by atoms with Crippen molar-refractivity contribution in [3.8, 4) is 22.1 Å². The van der Waals surface area contributed by atoms with Gasteiger partial charge in [0.15, 0.2) is 6.17 Å². The Bertz CT molecular complexity index is 1520. The van der Waals surface area contributed by atoms with Crippen molar-refractivity contribution >= 4 is 28.1 Å². The second-order valence-corrected chi connectivity index (χ2v) is 10.1. The molecule has 4 rings (SSSR count). The summed E-state index contributed by atoms with van der Waals surface area (Å²) in [6, 6.07) is 4.28. The van der Waals surface area contributed by atoms with Crippen LogP contribution < -0.4 is 15.6 Å². The molecule has 0 aliphatic rings. The Kier molecular flexibility index (Phi) is 6.72. The number of hydrogen-bond acceptors (Lipinski definition) is 6. The van der Waals surface area contributed by atoms with E-state index < -0.39 is 17.6 Å². The van der Waals surface area contributed by atoms with Gasteiger partial charge in [-0.3, -0.25) is 9.59 Å². The average molecular weight is 517 g/mol. The Balaban J connectivity index is 1.95. The van der Waals surface area contributed by atoms with Crippen LogP contribution in [0.3, 0.4) is 0 Å². The maximum Gasteiger partial charge on any atom is 0.274 e. The summed E-state index contributed by atoms with van der Waals surface area (Å²) in [5, 5.41) is 13.4. The van der Waals surface area contributed by atoms with Crippen LogP contribution in [0.25, 0.3) is 21.3 Å². The van der Waals surface area contributed by atoms with Crippen LogP contribution in [-0.4, -0.2) is 37.7 Å². The van der Waals surface area contributed by atoms with E-state index in [2.05, 4.69) is 15.3 Å². The largest absolute Gasteiger partial charge is 0.437 e. The predicted molar refractivity (Wildman–Crippen MR) is 134 cm³/mol. The van der Waals surface area contributed by atoms with E-state index in [1.165, 1.54) is 30.5 Å². The average Bonchev–Trinajstić information content (AvgIpc) is 3.42. The van der Waals surface area contributed by atoms with E-state index in [9.17, 15) is 19.1 Å². The van der Waals surface area contributed by atoms with E-state index in [-0.39, 0.29) is 39.2 Å². The third kappa shape index (κ3) is 4.76. The van der Waals surface area contributed by atoms with Crippen LogP contribution in [0.4, 0.5) is 8.78 Å². The second kappa shape index (κ2) is 9.47. The van der Waals surface area contributed by atoms with Gasteiger partial charge in [0.1, 0.15) is 22.8 Å². The number of pyridine rings is 2. The predicted octanol–water partition coefficient (Wildman–Crippen LogP) is 4.76. The number of nitrogens with zero attached hydrogens (tertiary/aromatic N) is 2.